The van der Waals surface area contributed by atoms with Crippen LogP contribution in [-0.2, 0) is 13.6 Å². The van der Waals surface area contributed by atoms with Gasteiger partial charge < -0.3 is 8.85 Å². The Morgan fingerprint density at radius 1 is 1.00 bits per heavy atom. The number of hydrogen-bond donors (Lipinski definition) is 0. The lowest BCUT2D eigenvalue weighted by Crippen LogP contribution is -2.49. The Bertz CT molecular complexity index is 381. The Kier molecular flexibility index (Phi) is 10.8. The smallest absolute Gasteiger partial charge is 0.295 e. The molecular weight excluding hydrogens is 344 g/mol. The standard InChI is InChI=1S/C20H42O3Si2/c1-11-17(6)25(14-15(3)4,18(7)12-2)22-19(21)16(5)13-24-23-20(8,9)10/h15-18H,11-14H2,1-10H3. The van der Waals surface area contributed by atoms with Crippen molar-refractivity contribution >= 4 is 24.0 Å². The first kappa shape index (κ1) is 24.9. The predicted molar refractivity (Wildman–Crippen MR) is 111 cm³/mol. The zero-order valence-electron chi connectivity index (χ0n) is 18.4. The minimum Gasteiger partial charge on any atom is -0.518 e. The van der Waals surface area contributed by atoms with Gasteiger partial charge in [0.15, 0.2) is 0 Å². The predicted octanol–water partition coefficient (Wildman–Crippen LogP) is 6.22. The molecule has 0 aliphatic heterocycles. The summed E-state index contributed by atoms with van der Waals surface area (Å²) in [4.78, 5) is 12.9. The van der Waals surface area contributed by atoms with Gasteiger partial charge in [0.25, 0.3) is 14.3 Å². The highest BCUT2D eigenvalue weighted by Crippen LogP contribution is 2.43. The Balaban J connectivity index is 5.18. The van der Waals surface area contributed by atoms with Crippen LogP contribution in [0.4, 0.5) is 0 Å². The molecule has 3 atom stereocenters. The fourth-order valence-electron chi connectivity index (χ4n) is 3.21. The maximum atomic E-state index is 12.9. The van der Waals surface area contributed by atoms with Crippen molar-refractivity contribution in [3.05, 3.63) is 0 Å². The molecule has 25 heavy (non-hydrogen) atoms. The Hall–Kier alpha value is -0.136. The van der Waals surface area contributed by atoms with Gasteiger partial charge in [-0.05, 0) is 49.9 Å². The molecule has 0 fully saturated rings. The van der Waals surface area contributed by atoms with Crippen molar-refractivity contribution in [3.63, 3.8) is 0 Å². The first-order valence-electron chi connectivity index (χ1n) is 10.0. The molecule has 0 aliphatic rings. The van der Waals surface area contributed by atoms with Gasteiger partial charge in [0.2, 0.25) is 9.76 Å². The highest BCUT2D eigenvalue weighted by Gasteiger charge is 2.48. The van der Waals surface area contributed by atoms with E-state index < -0.39 is 8.32 Å². The molecule has 0 bridgehead atoms. The monoisotopic (exact) mass is 386 g/mol. The maximum absolute atomic E-state index is 12.9. The summed E-state index contributed by atoms with van der Waals surface area (Å²) in [6, 6.07) is 1.82. The van der Waals surface area contributed by atoms with Crippen LogP contribution in [0.5, 0.6) is 0 Å². The summed E-state index contributed by atoms with van der Waals surface area (Å²) in [5.74, 6) is 0.467. The van der Waals surface area contributed by atoms with E-state index >= 15 is 0 Å². The first-order valence-corrected chi connectivity index (χ1v) is 13.4. The topological polar surface area (TPSA) is 35.5 Å². The van der Waals surface area contributed by atoms with Gasteiger partial charge in [-0.3, -0.25) is 4.79 Å². The summed E-state index contributed by atoms with van der Waals surface area (Å²) in [6.45, 7) is 21.7. The summed E-state index contributed by atoms with van der Waals surface area (Å²) in [5.41, 5.74) is 0.842. The van der Waals surface area contributed by atoms with Crippen LogP contribution >= 0.6 is 0 Å². The first-order chi connectivity index (χ1) is 11.4. The summed E-state index contributed by atoms with van der Waals surface area (Å²) < 4.78 is 12.3. The summed E-state index contributed by atoms with van der Waals surface area (Å²) in [5, 5.41) is 0. The van der Waals surface area contributed by atoms with Crippen molar-refractivity contribution in [2.45, 2.75) is 111 Å². The second kappa shape index (κ2) is 10.9. The van der Waals surface area contributed by atoms with Crippen LogP contribution in [0.25, 0.3) is 0 Å². The Labute approximate surface area is 160 Å². The zero-order chi connectivity index (χ0) is 19.8. The van der Waals surface area contributed by atoms with Gasteiger partial charge in [-0.1, -0.05) is 61.3 Å². The minimum atomic E-state index is -2.15. The van der Waals surface area contributed by atoms with E-state index in [-0.39, 0.29) is 17.5 Å². The summed E-state index contributed by atoms with van der Waals surface area (Å²) in [7, 11) is -1.81. The van der Waals surface area contributed by atoms with Crippen LogP contribution in [0, 0.1) is 11.8 Å². The number of rotatable bonds is 11. The second-order valence-corrected chi connectivity index (χ2v) is 14.5. The van der Waals surface area contributed by atoms with Crippen LogP contribution in [0.15, 0.2) is 0 Å². The van der Waals surface area contributed by atoms with Gasteiger partial charge in [-0.2, -0.15) is 0 Å². The van der Waals surface area contributed by atoms with E-state index in [1.165, 1.54) is 0 Å². The third-order valence-electron chi connectivity index (χ3n) is 5.08. The van der Waals surface area contributed by atoms with Gasteiger partial charge in [-0.15, -0.1) is 0 Å². The SMILES string of the molecule is CCC(C)[Si](CC(C)C)(OC(=O)C(C)C[Si]OC(C)(C)C)C(C)CC. The van der Waals surface area contributed by atoms with Crippen molar-refractivity contribution in [3.8, 4) is 0 Å². The largest absolute Gasteiger partial charge is 0.518 e. The molecule has 3 nitrogen and oxygen atoms in total. The quantitative estimate of drug-likeness (QED) is 0.395. The molecule has 148 valence electrons. The number of hydrogen-bond acceptors (Lipinski definition) is 3. The fraction of sp³-hybridized carbons (Fsp3) is 0.950. The van der Waals surface area contributed by atoms with Gasteiger partial charge in [0.1, 0.15) is 0 Å². The fourth-order valence-corrected chi connectivity index (χ4v) is 9.64. The molecule has 0 aromatic heterocycles. The van der Waals surface area contributed by atoms with E-state index in [2.05, 4.69) is 62.3 Å². The highest BCUT2D eigenvalue weighted by atomic mass is 28.4. The molecule has 0 heterocycles. The Morgan fingerprint density at radius 3 is 1.84 bits per heavy atom. The van der Waals surface area contributed by atoms with Crippen LogP contribution < -0.4 is 0 Å². The molecule has 0 aliphatic carbocycles. The van der Waals surface area contributed by atoms with E-state index in [1.807, 2.05) is 6.92 Å². The van der Waals surface area contributed by atoms with Crippen LogP contribution in [0.3, 0.4) is 0 Å². The third-order valence-corrected chi connectivity index (χ3v) is 12.8. The van der Waals surface area contributed by atoms with Gasteiger partial charge in [-0.25, -0.2) is 0 Å². The van der Waals surface area contributed by atoms with Crippen molar-refractivity contribution in [1.82, 2.24) is 0 Å². The lowest BCUT2D eigenvalue weighted by atomic mass is 10.2. The van der Waals surface area contributed by atoms with Gasteiger partial charge in [0, 0.05) is 5.60 Å². The molecule has 0 N–H and O–H groups in total. The van der Waals surface area contributed by atoms with E-state index in [9.17, 15) is 4.79 Å². The second-order valence-electron chi connectivity index (χ2n) is 9.06. The van der Waals surface area contributed by atoms with Crippen molar-refractivity contribution < 1.29 is 13.6 Å². The van der Waals surface area contributed by atoms with E-state index in [4.69, 9.17) is 8.85 Å². The van der Waals surface area contributed by atoms with E-state index in [0.29, 0.717) is 26.8 Å². The minimum absolute atomic E-state index is 0.00192. The lowest BCUT2D eigenvalue weighted by molar-refractivity contribution is -0.139. The number of carbonyl (C=O) groups excluding carboxylic acids is 1. The highest BCUT2D eigenvalue weighted by molar-refractivity contribution is 6.77. The maximum Gasteiger partial charge on any atom is 0.295 e. The van der Waals surface area contributed by atoms with Crippen LogP contribution in [0.2, 0.25) is 23.2 Å². The van der Waals surface area contributed by atoms with Gasteiger partial charge in [0.05, 0.1) is 5.92 Å². The molecule has 0 saturated carbocycles. The normalized spacial score (nSPS) is 18.5. The molecule has 3 unspecified atom stereocenters. The zero-order valence-corrected chi connectivity index (χ0v) is 20.4. The molecule has 0 spiro atoms. The molecule has 0 aromatic carbocycles. The van der Waals surface area contributed by atoms with Crippen LogP contribution in [-0.4, -0.2) is 29.7 Å². The average Bonchev–Trinajstić information content (AvgIpc) is 2.50. The molecule has 0 saturated heterocycles. The van der Waals surface area contributed by atoms with Gasteiger partial charge >= 0.3 is 0 Å². The molecule has 2 radical (unpaired) electrons. The van der Waals surface area contributed by atoms with Crippen LogP contribution in [0.1, 0.15) is 82.1 Å². The van der Waals surface area contributed by atoms with Crippen molar-refractivity contribution in [2.24, 2.45) is 11.8 Å². The summed E-state index contributed by atoms with van der Waals surface area (Å²) in [6.07, 6.45) is 2.17. The third kappa shape index (κ3) is 8.39. The average molecular weight is 387 g/mol. The summed E-state index contributed by atoms with van der Waals surface area (Å²) >= 11 is 0. The molecule has 0 rings (SSSR count). The number of carbonyl (C=O) groups is 1. The Morgan fingerprint density at radius 2 is 1.48 bits per heavy atom. The molecular formula is C20H42O3Si2. The van der Waals surface area contributed by atoms with E-state index in [1.54, 1.807) is 0 Å². The van der Waals surface area contributed by atoms with Crippen molar-refractivity contribution in [2.75, 3.05) is 0 Å². The lowest BCUT2D eigenvalue weighted by Gasteiger charge is -2.42. The van der Waals surface area contributed by atoms with E-state index in [0.717, 1.165) is 24.9 Å². The van der Waals surface area contributed by atoms with Crippen molar-refractivity contribution in [1.29, 1.82) is 0 Å². The molecule has 5 heteroatoms. The molecule has 0 amide bonds. The molecule has 0 aromatic rings.